The normalized spacial score (nSPS) is 21.5. The molecule has 2 aliphatic carbocycles. The Bertz CT molecular complexity index is 1690. The highest BCUT2D eigenvalue weighted by Crippen LogP contribution is 2.47. The van der Waals surface area contributed by atoms with E-state index in [0.29, 0.717) is 16.9 Å². The molecule has 0 amide bonds. The number of aliphatic hydroxyl groups is 1. The van der Waals surface area contributed by atoms with Crippen molar-refractivity contribution in [1.29, 1.82) is 0 Å². The second kappa shape index (κ2) is 16.4. The van der Waals surface area contributed by atoms with Crippen LogP contribution < -0.4 is 0 Å². The van der Waals surface area contributed by atoms with Gasteiger partial charge in [0.2, 0.25) is 0 Å². The highest BCUT2D eigenvalue weighted by atomic mass is 16.4. The molecule has 0 radical (unpaired) electrons. The highest BCUT2D eigenvalue weighted by Gasteiger charge is 2.36. The topological polar surface area (TPSA) is 124 Å². The third-order valence-corrected chi connectivity index (χ3v) is 9.10. The number of carboxylic acid groups (broad SMARTS) is 2. The van der Waals surface area contributed by atoms with Crippen molar-refractivity contribution >= 4 is 17.5 Å². The molecule has 0 aromatic carbocycles. The SMILES string of the molecule is CC(/C=C/C1=C(c2ncc(C3CCC(C)(C)C(/C=C/C(C)=C/C=C/C(C)=C/C(=O)O)=C3O)[nH]2)CCCC1(C)C)=C\C=C\C(C)=C\C(=O)O. The van der Waals surface area contributed by atoms with Crippen LogP contribution in [0.2, 0.25) is 0 Å². The Kier molecular flexibility index (Phi) is 13.0. The molecule has 1 unspecified atom stereocenters. The second-order valence-electron chi connectivity index (χ2n) is 14.3. The number of hydrogen-bond acceptors (Lipinski definition) is 4. The summed E-state index contributed by atoms with van der Waals surface area (Å²) in [6.07, 6.45) is 28.4. The van der Waals surface area contributed by atoms with E-state index in [1.165, 1.54) is 23.3 Å². The summed E-state index contributed by atoms with van der Waals surface area (Å²) >= 11 is 0. The Morgan fingerprint density at radius 1 is 0.792 bits per heavy atom. The highest BCUT2D eigenvalue weighted by molar-refractivity contribution is 5.81. The van der Waals surface area contributed by atoms with Gasteiger partial charge in [0.1, 0.15) is 11.6 Å². The molecule has 7 heteroatoms. The van der Waals surface area contributed by atoms with Crippen molar-refractivity contribution in [2.75, 3.05) is 0 Å². The Morgan fingerprint density at radius 2 is 1.31 bits per heavy atom. The van der Waals surface area contributed by atoms with Crippen LogP contribution in [0.15, 0.2) is 118 Å². The molecule has 0 aliphatic heterocycles. The number of carbonyl (C=O) groups is 2. The van der Waals surface area contributed by atoms with Crippen LogP contribution in [0, 0.1) is 10.8 Å². The lowest BCUT2D eigenvalue weighted by molar-refractivity contribution is -0.132. The third kappa shape index (κ3) is 10.7. The van der Waals surface area contributed by atoms with Crippen LogP contribution >= 0.6 is 0 Å². The van der Waals surface area contributed by atoms with E-state index in [2.05, 4.69) is 44.8 Å². The first-order valence-electron chi connectivity index (χ1n) is 16.6. The van der Waals surface area contributed by atoms with E-state index in [9.17, 15) is 14.7 Å². The minimum Gasteiger partial charge on any atom is -0.511 e. The fourth-order valence-electron chi connectivity index (χ4n) is 6.28. The fourth-order valence-corrected chi connectivity index (χ4v) is 6.28. The lowest BCUT2D eigenvalue weighted by Gasteiger charge is -2.35. The number of rotatable bonds is 12. The maximum absolute atomic E-state index is 11.6. The summed E-state index contributed by atoms with van der Waals surface area (Å²) in [6, 6.07) is 0. The zero-order chi connectivity index (χ0) is 35.6. The summed E-state index contributed by atoms with van der Waals surface area (Å²) in [5, 5.41) is 29.4. The summed E-state index contributed by atoms with van der Waals surface area (Å²) in [6.45, 7) is 16.4. The molecular weight excluding hydrogens is 600 g/mol. The van der Waals surface area contributed by atoms with Crippen molar-refractivity contribution in [2.24, 2.45) is 10.8 Å². The van der Waals surface area contributed by atoms with Gasteiger partial charge in [0.15, 0.2) is 0 Å². The smallest absolute Gasteiger partial charge is 0.328 e. The number of aromatic amines is 1. The monoisotopic (exact) mass is 652 g/mol. The van der Waals surface area contributed by atoms with E-state index in [1.807, 2.05) is 56.5 Å². The molecule has 7 nitrogen and oxygen atoms in total. The molecule has 48 heavy (non-hydrogen) atoms. The van der Waals surface area contributed by atoms with Crippen molar-refractivity contribution in [3.05, 3.63) is 130 Å². The summed E-state index contributed by atoms with van der Waals surface area (Å²) in [5.41, 5.74) is 7.37. The summed E-state index contributed by atoms with van der Waals surface area (Å²) in [4.78, 5) is 30.2. The molecule has 1 atom stereocenters. The number of carboxylic acids is 2. The van der Waals surface area contributed by atoms with Gasteiger partial charge in [-0.1, -0.05) is 99.6 Å². The number of allylic oxidation sites excluding steroid dienone is 18. The first-order valence-corrected chi connectivity index (χ1v) is 16.6. The zero-order valence-electron chi connectivity index (χ0n) is 29.7. The second-order valence-corrected chi connectivity index (χ2v) is 14.3. The number of imidazole rings is 1. The number of hydrogen-bond donors (Lipinski definition) is 4. The van der Waals surface area contributed by atoms with Gasteiger partial charge in [0, 0.05) is 24.0 Å². The lowest BCUT2D eigenvalue weighted by atomic mass is 9.70. The van der Waals surface area contributed by atoms with Gasteiger partial charge in [-0.3, -0.25) is 0 Å². The van der Waals surface area contributed by atoms with Crippen LogP contribution in [0.3, 0.4) is 0 Å². The van der Waals surface area contributed by atoms with E-state index in [4.69, 9.17) is 15.2 Å². The molecule has 256 valence electrons. The van der Waals surface area contributed by atoms with Gasteiger partial charge >= 0.3 is 11.9 Å². The van der Waals surface area contributed by atoms with Crippen LogP contribution in [-0.2, 0) is 9.59 Å². The maximum atomic E-state index is 11.6. The predicted molar refractivity (Wildman–Crippen MR) is 195 cm³/mol. The number of aliphatic hydroxyl groups excluding tert-OH is 1. The molecule has 0 saturated carbocycles. The molecular formula is C41H52N2O5. The Hall–Kier alpha value is -4.65. The minimum absolute atomic E-state index is 0.0331. The molecule has 0 spiro atoms. The van der Waals surface area contributed by atoms with Gasteiger partial charge in [0.25, 0.3) is 0 Å². The van der Waals surface area contributed by atoms with Gasteiger partial charge in [-0.25, -0.2) is 14.6 Å². The first-order chi connectivity index (χ1) is 22.5. The van der Waals surface area contributed by atoms with Crippen molar-refractivity contribution in [3.63, 3.8) is 0 Å². The number of aliphatic carboxylic acids is 2. The standard InChI is InChI=1S/C41H52N2O5/c1-27(12-9-14-29(3)24-36(44)45)17-19-33-31(16-11-22-40(33,5)6)39-42-26-35(43-39)32-21-23-41(7,8)34(38(32)48)20-18-28(2)13-10-15-30(4)25-37(46)47/h9-10,12-15,17-20,24-26,32,48H,11,16,21-23H2,1-8H3,(H,42,43)(H,44,45)(H,46,47)/b14-9+,15-10+,19-17+,20-18+,27-12+,28-13+,29-24+,30-25+. The predicted octanol–water partition coefficient (Wildman–Crippen LogP) is 10.3. The third-order valence-electron chi connectivity index (χ3n) is 9.10. The molecule has 3 rings (SSSR count). The van der Waals surface area contributed by atoms with Crippen molar-refractivity contribution < 1.29 is 24.9 Å². The maximum Gasteiger partial charge on any atom is 0.328 e. The Morgan fingerprint density at radius 3 is 1.85 bits per heavy atom. The van der Waals surface area contributed by atoms with E-state index >= 15 is 0 Å². The molecule has 1 heterocycles. The number of H-pyrrole nitrogens is 1. The van der Waals surface area contributed by atoms with Gasteiger partial charge in [-0.05, 0) is 98.5 Å². The minimum atomic E-state index is -0.969. The van der Waals surface area contributed by atoms with Crippen LogP contribution in [0.25, 0.3) is 5.57 Å². The van der Waals surface area contributed by atoms with Gasteiger partial charge in [-0.2, -0.15) is 0 Å². The van der Waals surface area contributed by atoms with Crippen LogP contribution in [0.4, 0.5) is 0 Å². The van der Waals surface area contributed by atoms with Crippen molar-refractivity contribution in [3.8, 4) is 0 Å². The average molecular weight is 653 g/mol. The van der Waals surface area contributed by atoms with Gasteiger partial charge < -0.3 is 20.3 Å². The van der Waals surface area contributed by atoms with Gasteiger partial charge in [0.05, 0.1) is 5.92 Å². The molecule has 1 aromatic heterocycles. The Labute approximate surface area is 286 Å². The van der Waals surface area contributed by atoms with Crippen LogP contribution in [-0.4, -0.2) is 37.2 Å². The largest absolute Gasteiger partial charge is 0.511 e. The molecule has 0 fully saturated rings. The molecule has 2 aliphatic rings. The van der Waals surface area contributed by atoms with Crippen molar-refractivity contribution in [1.82, 2.24) is 9.97 Å². The van der Waals surface area contributed by atoms with Gasteiger partial charge in [-0.15, -0.1) is 0 Å². The quantitative estimate of drug-likeness (QED) is 0.132. The number of aromatic nitrogens is 2. The van der Waals surface area contributed by atoms with Crippen LogP contribution in [0.1, 0.15) is 105 Å². The first kappa shape index (κ1) is 37.8. The molecule has 1 aromatic rings. The molecule has 4 N–H and O–H groups in total. The van der Waals surface area contributed by atoms with E-state index < -0.39 is 11.9 Å². The average Bonchev–Trinajstić information content (AvgIpc) is 3.44. The number of nitrogens with one attached hydrogen (secondary N) is 1. The van der Waals surface area contributed by atoms with E-state index in [-0.39, 0.29) is 16.7 Å². The number of nitrogens with zero attached hydrogens (tertiary/aromatic N) is 1. The fraction of sp³-hybridized carbons (Fsp3) is 0.390. The zero-order valence-corrected chi connectivity index (χ0v) is 29.7. The van der Waals surface area contributed by atoms with Crippen LogP contribution in [0.5, 0.6) is 0 Å². The summed E-state index contributed by atoms with van der Waals surface area (Å²) < 4.78 is 0. The summed E-state index contributed by atoms with van der Waals surface area (Å²) in [5.74, 6) is -0.897. The molecule has 0 bridgehead atoms. The molecule has 0 saturated heterocycles. The Balaban J connectivity index is 1.91. The lowest BCUT2D eigenvalue weighted by Crippen LogP contribution is -2.24. The van der Waals surface area contributed by atoms with Crippen molar-refractivity contribution in [2.45, 2.75) is 93.4 Å². The summed E-state index contributed by atoms with van der Waals surface area (Å²) in [7, 11) is 0. The van der Waals surface area contributed by atoms with E-state index in [1.54, 1.807) is 26.0 Å². The van der Waals surface area contributed by atoms with E-state index in [0.717, 1.165) is 60.3 Å².